The van der Waals surface area contributed by atoms with Crippen LogP contribution in [0.1, 0.15) is 25.7 Å². The molecule has 1 N–H and O–H groups in total. The van der Waals surface area contributed by atoms with E-state index in [0.29, 0.717) is 32.2 Å². The lowest BCUT2D eigenvalue weighted by Crippen LogP contribution is -2.24. The van der Waals surface area contributed by atoms with Crippen molar-refractivity contribution in [2.45, 2.75) is 30.6 Å². The van der Waals surface area contributed by atoms with E-state index in [0.717, 1.165) is 10.7 Å². The Bertz CT molecular complexity index is 623. The molecule has 8 heteroatoms. The van der Waals surface area contributed by atoms with E-state index in [1.54, 1.807) is 12.1 Å². The summed E-state index contributed by atoms with van der Waals surface area (Å²) in [4.78, 5) is 13.9. The number of carbonyl (C=O) groups excluding carboxylic acids is 1. The summed E-state index contributed by atoms with van der Waals surface area (Å²) in [6.45, 7) is 0.320. The van der Waals surface area contributed by atoms with Gasteiger partial charge in [0.15, 0.2) is 0 Å². The lowest BCUT2D eigenvalue weighted by atomic mass is 10.1. The highest BCUT2D eigenvalue weighted by atomic mass is 79.9. The Morgan fingerprint density at radius 2 is 1.90 bits per heavy atom. The van der Waals surface area contributed by atoms with Gasteiger partial charge >= 0.3 is 6.21 Å². The first kappa shape index (κ1) is 17.7. The number of hydrogen-bond donors (Lipinski definition) is 1. The van der Waals surface area contributed by atoms with Crippen LogP contribution in [-0.4, -0.2) is 31.8 Å². The van der Waals surface area contributed by atoms with E-state index in [-0.39, 0.29) is 10.7 Å². The van der Waals surface area contributed by atoms with Gasteiger partial charge in [-0.15, -0.1) is 0 Å². The predicted molar refractivity (Wildman–Crippen MR) is 82.5 cm³/mol. The van der Waals surface area contributed by atoms with Crippen LogP contribution in [0.4, 0.5) is 0 Å². The number of rotatable bonds is 9. The van der Waals surface area contributed by atoms with Gasteiger partial charge in [-0.2, -0.15) is 4.79 Å². The van der Waals surface area contributed by atoms with Crippen molar-refractivity contribution >= 4 is 38.0 Å². The summed E-state index contributed by atoms with van der Waals surface area (Å²) in [6.07, 6.45) is 3.15. The molecule has 0 aliphatic rings. The summed E-state index contributed by atoms with van der Waals surface area (Å²) in [7, 11) is -3.48. The standard InChI is InChI=1S/C13H16BrN3O3S/c14-11-5-7-13(8-6-11)21(19,20)17-9-3-1-2-4-12(18)10-16-15/h5-8,10,17H,1-4,9H2. The van der Waals surface area contributed by atoms with Crippen molar-refractivity contribution in [3.63, 3.8) is 0 Å². The Morgan fingerprint density at radius 1 is 1.24 bits per heavy atom. The monoisotopic (exact) mass is 373 g/mol. The predicted octanol–water partition coefficient (Wildman–Crippen LogP) is 2.16. The highest BCUT2D eigenvalue weighted by Gasteiger charge is 2.12. The Hall–Kier alpha value is -1.34. The van der Waals surface area contributed by atoms with Gasteiger partial charge < -0.3 is 5.53 Å². The fourth-order valence-corrected chi connectivity index (χ4v) is 2.97. The van der Waals surface area contributed by atoms with Crippen LogP contribution in [0.2, 0.25) is 0 Å². The number of ketones is 1. The van der Waals surface area contributed by atoms with Crippen molar-refractivity contribution in [1.82, 2.24) is 4.72 Å². The van der Waals surface area contributed by atoms with Crippen molar-refractivity contribution in [3.05, 3.63) is 34.3 Å². The zero-order valence-electron chi connectivity index (χ0n) is 11.3. The van der Waals surface area contributed by atoms with E-state index in [2.05, 4.69) is 25.4 Å². The SMILES string of the molecule is [N-]=[N+]=CC(=O)CCCCCNS(=O)(=O)c1ccc(Br)cc1. The van der Waals surface area contributed by atoms with E-state index in [1.807, 2.05) is 0 Å². The van der Waals surface area contributed by atoms with E-state index >= 15 is 0 Å². The first-order valence-electron chi connectivity index (χ1n) is 6.41. The Labute approximate surface area is 132 Å². The molecule has 0 saturated heterocycles. The molecule has 0 fully saturated rings. The summed E-state index contributed by atoms with van der Waals surface area (Å²) in [6, 6.07) is 6.39. The number of benzene rings is 1. The van der Waals surface area contributed by atoms with E-state index in [4.69, 9.17) is 5.53 Å². The molecule has 1 aromatic rings. The topological polar surface area (TPSA) is 99.6 Å². The molecule has 114 valence electrons. The van der Waals surface area contributed by atoms with Crippen LogP contribution in [0.5, 0.6) is 0 Å². The van der Waals surface area contributed by atoms with Gasteiger partial charge in [-0.3, -0.25) is 4.79 Å². The number of sulfonamides is 1. The maximum absolute atomic E-state index is 11.9. The zero-order valence-corrected chi connectivity index (χ0v) is 13.7. The molecule has 0 atom stereocenters. The first-order chi connectivity index (χ1) is 9.95. The van der Waals surface area contributed by atoms with E-state index in [9.17, 15) is 13.2 Å². The zero-order chi connectivity index (χ0) is 15.7. The van der Waals surface area contributed by atoms with Crippen LogP contribution in [0.3, 0.4) is 0 Å². The smallest absolute Gasteiger partial charge is 0.323 e. The quantitative estimate of drug-likeness (QED) is 0.310. The summed E-state index contributed by atoms with van der Waals surface area (Å²) in [5.74, 6) is -0.243. The summed E-state index contributed by atoms with van der Waals surface area (Å²) >= 11 is 3.25. The van der Waals surface area contributed by atoms with Gasteiger partial charge in [-0.1, -0.05) is 22.4 Å². The molecule has 0 radical (unpaired) electrons. The summed E-state index contributed by atoms with van der Waals surface area (Å²) in [5, 5.41) is 0. The van der Waals surface area contributed by atoms with E-state index < -0.39 is 10.0 Å². The molecular weight excluding hydrogens is 358 g/mol. The third-order valence-electron chi connectivity index (χ3n) is 2.72. The second-order valence-corrected chi connectivity index (χ2v) is 7.06. The fourth-order valence-electron chi connectivity index (χ4n) is 1.63. The molecule has 0 saturated carbocycles. The molecule has 0 aliphatic heterocycles. The van der Waals surface area contributed by atoms with Crippen LogP contribution in [0.15, 0.2) is 33.6 Å². The van der Waals surface area contributed by atoms with Crippen LogP contribution >= 0.6 is 15.9 Å². The third kappa shape index (κ3) is 6.77. The van der Waals surface area contributed by atoms with Crippen LogP contribution < -0.4 is 4.72 Å². The van der Waals surface area contributed by atoms with Crippen molar-refractivity contribution in [1.29, 1.82) is 0 Å². The molecule has 0 bridgehead atoms. The molecule has 0 aliphatic carbocycles. The number of nitrogens with one attached hydrogen (secondary N) is 1. The average Bonchev–Trinajstić information content (AvgIpc) is 2.43. The molecule has 0 aromatic heterocycles. The largest absolute Gasteiger partial charge is 0.361 e. The number of unbranched alkanes of at least 4 members (excludes halogenated alkanes) is 2. The lowest BCUT2D eigenvalue weighted by Gasteiger charge is -2.06. The Balaban J connectivity index is 2.30. The number of carbonyl (C=O) groups is 1. The van der Waals surface area contributed by atoms with Gasteiger partial charge in [0.05, 0.1) is 4.90 Å². The van der Waals surface area contributed by atoms with Crippen LogP contribution in [-0.2, 0) is 14.8 Å². The van der Waals surface area contributed by atoms with E-state index in [1.165, 1.54) is 12.1 Å². The van der Waals surface area contributed by atoms with Crippen molar-refractivity contribution in [2.75, 3.05) is 6.54 Å². The van der Waals surface area contributed by atoms with Crippen LogP contribution in [0, 0.1) is 0 Å². The van der Waals surface area contributed by atoms with Gasteiger partial charge in [0.25, 0.3) is 0 Å². The minimum absolute atomic E-state index is 0.222. The maximum Gasteiger partial charge on any atom is 0.323 e. The highest BCUT2D eigenvalue weighted by Crippen LogP contribution is 2.14. The van der Waals surface area contributed by atoms with Gasteiger partial charge in [0.1, 0.15) is 0 Å². The minimum atomic E-state index is -3.48. The molecule has 1 rings (SSSR count). The minimum Gasteiger partial charge on any atom is -0.361 e. The normalized spacial score (nSPS) is 10.9. The van der Waals surface area contributed by atoms with Crippen LogP contribution in [0.25, 0.3) is 5.53 Å². The second kappa shape index (κ2) is 8.84. The molecular formula is C13H16BrN3O3S. The number of halogens is 1. The third-order valence-corrected chi connectivity index (χ3v) is 4.72. The molecule has 0 heterocycles. The fraction of sp³-hybridized carbons (Fsp3) is 0.385. The molecule has 0 spiro atoms. The molecule has 0 unspecified atom stereocenters. The maximum atomic E-state index is 11.9. The molecule has 6 nitrogen and oxygen atoms in total. The molecule has 1 aromatic carbocycles. The average molecular weight is 374 g/mol. The Morgan fingerprint density at radius 3 is 2.52 bits per heavy atom. The van der Waals surface area contributed by atoms with Crippen molar-refractivity contribution < 1.29 is 18.0 Å². The molecule has 21 heavy (non-hydrogen) atoms. The number of nitrogens with zero attached hydrogens (tertiary/aromatic N) is 2. The first-order valence-corrected chi connectivity index (χ1v) is 8.69. The van der Waals surface area contributed by atoms with Gasteiger partial charge in [0, 0.05) is 17.4 Å². The number of hydrogen-bond acceptors (Lipinski definition) is 3. The van der Waals surface area contributed by atoms with Crippen molar-refractivity contribution in [3.8, 4) is 0 Å². The van der Waals surface area contributed by atoms with Gasteiger partial charge in [0.2, 0.25) is 15.8 Å². The molecule has 0 amide bonds. The van der Waals surface area contributed by atoms with Crippen molar-refractivity contribution in [2.24, 2.45) is 0 Å². The van der Waals surface area contributed by atoms with Gasteiger partial charge in [-0.25, -0.2) is 13.1 Å². The Kier molecular flexibility index (Phi) is 7.45. The number of Topliss-reactive ketones (excluding diaryl/α,β-unsaturated/α-hetero) is 1. The highest BCUT2D eigenvalue weighted by molar-refractivity contribution is 9.10. The summed E-state index contributed by atoms with van der Waals surface area (Å²) < 4.78 is 27.2. The summed E-state index contributed by atoms with van der Waals surface area (Å²) in [5.41, 5.74) is 8.16. The second-order valence-electron chi connectivity index (χ2n) is 4.37. The lowest BCUT2D eigenvalue weighted by molar-refractivity contribution is -0.116. The van der Waals surface area contributed by atoms with Gasteiger partial charge in [-0.05, 0) is 37.1 Å².